The van der Waals surface area contributed by atoms with E-state index in [0.717, 1.165) is 0 Å². The lowest BCUT2D eigenvalue weighted by atomic mass is 10.2. The Morgan fingerprint density at radius 2 is 2.16 bits per heavy atom. The third-order valence-electron chi connectivity index (χ3n) is 2.76. The fourth-order valence-electron chi connectivity index (χ4n) is 2.06. The van der Waals surface area contributed by atoms with Crippen molar-refractivity contribution in [3.63, 3.8) is 0 Å². The van der Waals surface area contributed by atoms with E-state index in [-0.39, 0.29) is 24.7 Å². The van der Waals surface area contributed by atoms with Crippen LogP contribution in [0.4, 0.5) is 5.95 Å². The maximum atomic E-state index is 12.0. The molecule has 1 aromatic heterocycles. The van der Waals surface area contributed by atoms with Gasteiger partial charge in [0.25, 0.3) is 0 Å². The van der Waals surface area contributed by atoms with Gasteiger partial charge in [0.1, 0.15) is 6.54 Å². The number of nitro groups is 1. The molecule has 1 aromatic rings. The van der Waals surface area contributed by atoms with Crippen molar-refractivity contribution >= 4 is 11.9 Å². The number of carbonyl (C=O) groups is 1. The molecule has 2 unspecified atom stereocenters. The highest BCUT2D eigenvalue weighted by atomic mass is 16.6. The van der Waals surface area contributed by atoms with E-state index in [0.29, 0.717) is 13.1 Å². The lowest BCUT2D eigenvalue weighted by Gasteiger charge is -2.35. The van der Waals surface area contributed by atoms with E-state index in [1.807, 2.05) is 13.8 Å². The van der Waals surface area contributed by atoms with Gasteiger partial charge in [-0.3, -0.25) is 4.79 Å². The van der Waals surface area contributed by atoms with Crippen molar-refractivity contribution in [2.24, 2.45) is 0 Å². The van der Waals surface area contributed by atoms with Gasteiger partial charge < -0.3 is 19.8 Å². The molecule has 0 bridgehead atoms. The average Bonchev–Trinajstić information content (AvgIpc) is 2.76. The molecule has 19 heavy (non-hydrogen) atoms. The molecule has 0 radical (unpaired) electrons. The minimum Gasteiger partial charge on any atom is -0.390 e. The zero-order chi connectivity index (χ0) is 14.0. The normalized spacial score (nSPS) is 23.4. The quantitative estimate of drug-likeness (QED) is 0.557. The summed E-state index contributed by atoms with van der Waals surface area (Å²) in [7, 11) is 0. The van der Waals surface area contributed by atoms with Gasteiger partial charge in [0.2, 0.25) is 12.2 Å². The minimum absolute atomic E-state index is 0.0159. The number of nitrogens with zero attached hydrogens (tertiary/aromatic N) is 5. The molecule has 0 spiro atoms. The van der Waals surface area contributed by atoms with Crippen molar-refractivity contribution in [3.05, 3.63) is 16.4 Å². The van der Waals surface area contributed by atoms with Crippen LogP contribution in [0.15, 0.2) is 6.33 Å². The lowest BCUT2D eigenvalue weighted by Crippen LogP contribution is -2.49. The van der Waals surface area contributed by atoms with E-state index < -0.39 is 10.9 Å². The Hall–Kier alpha value is -2.03. The summed E-state index contributed by atoms with van der Waals surface area (Å²) >= 11 is 0. The third-order valence-corrected chi connectivity index (χ3v) is 2.76. The first kappa shape index (κ1) is 13.4. The molecule has 2 rings (SSSR count). The number of rotatable bonds is 3. The highest BCUT2D eigenvalue weighted by Crippen LogP contribution is 2.11. The molecule has 0 aliphatic carbocycles. The first-order chi connectivity index (χ1) is 8.95. The third kappa shape index (κ3) is 3.25. The molecule has 2 heterocycles. The first-order valence-electron chi connectivity index (χ1n) is 5.92. The average molecular weight is 269 g/mol. The molecule has 9 nitrogen and oxygen atoms in total. The monoisotopic (exact) mass is 269 g/mol. The summed E-state index contributed by atoms with van der Waals surface area (Å²) in [6.45, 7) is 4.77. The summed E-state index contributed by atoms with van der Waals surface area (Å²) in [6, 6.07) is 0. The summed E-state index contributed by atoms with van der Waals surface area (Å²) in [5, 5.41) is 14.1. The largest absolute Gasteiger partial charge is 0.490 e. The molecule has 104 valence electrons. The van der Waals surface area contributed by atoms with Crippen LogP contribution in [0.25, 0.3) is 0 Å². The van der Waals surface area contributed by atoms with Crippen LogP contribution in [0.3, 0.4) is 0 Å². The smallest absolute Gasteiger partial charge is 0.390 e. The number of aromatic nitrogens is 3. The van der Waals surface area contributed by atoms with E-state index in [4.69, 9.17) is 4.74 Å². The topological polar surface area (TPSA) is 103 Å². The molecule has 1 aliphatic heterocycles. The molecule has 0 saturated carbocycles. The number of hydrogen-bond acceptors (Lipinski definition) is 6. The van der Waals surface area contributed by atoms with Gasteiger partial charge in [0.15, 0.2) is 0 Å². The molecule has 1 aliphatic rings. The summed E-state index contributed by atoms with van der Waals surface area (Å²) in [6.07, 6.45) is 1.15. The van der Waals surface area contributed by atoms with Crippen LogP contribution in [-0.2, 0) is 16.1 Å². The lowest BCUT2D eigenvalue weighted by molar-refractivity contribution is -0.394. The zero-order valence-corrected chi connectivity index (χ0v) is 10.7. The van der Waals surface area contributed by atoms with Crippen LogP contribution in [0.1, 0.15) is 13.8 Å². The fourth-order valence-corrected chi connectivity index (χ4v) is 2.06. The van der Waals surface area contributed by atoms with Crippen molar-refractivity contribution < 1.29 is 14.5 Å². The van der Waals surface area contributed by atoms with Gasteiger partial charge in [-0.25, -0.2) is 0 Å². The second-order valence-corrected chi connectivity index (χ2v) is 4.56. The number of hydrogen-bond donors (Lipinski definition) is 0. The van der Waals surface area contributed by atoms with Crippen molar-refractivity contribution in [2.75, 3.05) is 13.1 Å². The highest BCUT2D eigenvalue weighted by molar-refractivity contribution is 5.76. The van der Waals surface area contributed by atoms with Crippen LogP contribution in [0, 0.1) is 10.1 Å². The molecule has 1 amide bonds. The molecule has 0 N–H and O–H groups in total. The van der Waals surface area contributed by atoms with Crippen molar-refractivity contribution in [3.8, 4) is 0 Å². The Bertz CT molecular complexity index is 478. The van der Waals surface area contributed by atoms with Crippen LogP contribution in [-0.4, -0.2) is 55.8 Å². The summed E-state index contributed by atoms with van der Waals surface area (Å²) in [5.41, 5.74) is 0. The van der Waals surface area contributed by atoms with Crippen molar-refractivity contribution in [1.82, 2.24) is 19.7 Å². The van der Waals surface area contributed by atoms with Gasteiger partial charge in [-0.15, -0.1) is 0 Å². The predicted molar refractivity (Wildman–Crippen MR) is 63.3 cm³/mol. The Kier molecular flexibility index (Phi) is 3.74. The molecular formula is C10H15N5O4. The summed E-state index contributed by atoms with van der Waals surface area (Å²) < 4.78 is 6.71. The van der Waals surface area contributed by atoms with Crippen LogP contribution < -0.4 is 0 Å². The van der Waals surface area contributed by atoms with Crippen LogP contribution in [0.5, 0.6) is 0 Å². The zero-order valence-electron chi connectivity index (χ0n) is 10.7. The number of amides is 1. The van der Waals surface area contributed by atoms with Crippen LogP contribution in [0.2, 0.25) is 0 Å². The van der Waals surface area contributed by atoms with E-state index >= 15 is 0 Å². The molecule has 1 fully saturated rings. The van der Waals surface area contributed by atoms with E-state index in [1.54, 1.807) is 4.90 Å². The maximum Gasteiger partial charge on any atom is 0.490 e. The second kappa shape index (κ2) is 5.31. The standard InChI is InChI=1S/C10H15N5O4/c1-7-3-13(4-8(2)19-7)9(16)5-14-6-11-10(12-14)15(17)18/h6-8H,3-5H2,1-2H3. The molecule has 2 atom stereocenters. The number of carbonyl (C=O) groups excluding carboxylic acids is 1. The Labute approximate surface area is 109 Å². The van der Waals surface area contributed by atoms with Gasteiger partial charge in [-0.2, -0.15) is 4.68 Å². The van der Waals surface area contributed by atoms with E-state index in [9.17, 15) is 14.9 Å². The maximum absolute atomic E-state index is 12.0. The predicted octanol–water partition coefficient (Wildman–Crippen LogP) is -0.178. The molecular weight excluding hydrogens is 254 g/mol. The van der Waals surface area contributed by atoms with Gasteiger partial charge in [-0.05, 0) is 18.8 Å². The molecule has 9 heteroatoms. The van der Waals surface area contributed by atoms with Gasteiger partial charge >= 0.3 is 5.95 Å². The number of ether oxygens (including phenoxy) is 1. The van der Waals surface area contributed by atoms with Crippen molar-refractivity contribution in [1.29, 1.82) is 0 Å². The number of morpholine rings is 1. The first-order valence-corrected chi connectivity index (χ1v) is 5.92. The van der Waals surface area contributed by atoms with Crippen molar-refractivity contribution in [2.45, 2.75) is 32.6 Å². The molecule has 1 saturated heterocycles. The Morgan fingerprint density at radius 3 is 2.68 bits per heavy atom. The SMILES string of the molecule is CC1CN(C(=O)Cn2cnc([N+](=O)[O-])n2)CC(C)O1. The van der Waals surface area contributed by atoms with Crippen LogP contribution >= 0.6 is 0 Å². The summed E-state index contributed by atoms with van der Waals surface area (Å²) in [4.78, 5) is 27.0. The highest BCUT2D eigenvalue weighted by Gasteiger charge is 2.27. The van der Waals surface area contributed by atoms with E-state index in [2.05, 4.69) is 10.1 Å². The fraction of sp³-hybridized carbons (Fsp3) is 0.700. The van der Waals surface area contributed by atoms with Gasteiger partial charge in [-0.1, -0.05) is 4.98 Å². The molecule has 0 aromatic carbocycles. The second-order valence-electron chi connectivity index (χ2n) is 4.56. The Balaban J connectivity index is 1.98. The Morgan fingerprint density at radius 1 is 1.53 bits per heavy atom. The van der Waals surface area contributed by atoms with E-state index in [1.165, 1.54) is 11.0 Å². The van der Waals surface area contributed by atoms with Gasteiger partial charge in [0.05, 0.1) is 12.2 Å². The summed E-state index contributed by atoms with van der Waals surface area (Å²) in [5.74, 6) is -0.654. The minimum atomic E-state index is -0.695. The van der Waals surface area contributed by atoms with Gasteiger partial charge in [0, 0.05) is 18.2 Å².